The van der Waals surface area contributed by atoms with Crippen molar-refractivity contribution in [2.24, 2.45) is 5.41 Å². The fourth-order valence-electron chi connectivity index (χ4n) is 3.81. The van der Waals surface area contributed by atoms with Crippen molar-refractivity contribution >= 4 is 11.3 Å². The normalized spacial score (nSPS) is 20.2. The van der Waals surface area contributed by atoms with E-state index in [1.54, 1.807) is 12.1 Å². The summed E-state index contributed by atoms with van der Waals surface area (Å²) in [7, 11) is 0. The molecule has 0 bridgehead atoms. The Morgan fingerprint density at radius 1 is 1.05 bits per heavy atom. The van der Waals surface area contributed by atoms with Gasteiger partial charge < -0.3 is 5.11 Å². The Hall–Kier alpha value is -1.35. The number of phenolic OH excluding ortho intramolecular Hbond substituents is 1. The molecule has 0 unspecified atom stereocenters. The van der Waals surface area contributed by atoms with Gasteiger partial charge in [-0.05, 0) is 61.8 Å². The maximum absolute atomic E-state index is 9.39. The van der Waals surface area contributed by atoms with E-state index in [1.165, 1.54) is 49.1 Å². The Morgan fingerprint density at radius 3 is 2.55 bits per heavy atom. The first-order valence-corrected chi connectivity index (χ1v) is 8.34. The smallest absolute Gasteiger partial charge is 0.123 e. The van der Waals surface area contributed by atoms with E-state index in [9.17, 15) is 5.11 Å². The molecule has 2 aliphatic rings. The lowest BCUT2D eigenvalue weighted by atomic mass is 9.74. The number of aromatic nitrogens is 1. The van der Waals surface area contributed by atoms with Crippen LogP contribution in [0.2, 0.25) is 0 Å². The summed E-state index contributed by atoms with van der Waals surface area (Å²) in [5.41, 5.74) is 3.06. The van der Waals surface area contributed by atoms with Crippen LogP contribution in [0.25, 0.3) is 10.6 Å². The molecule has 1 heterocycles. The summed E-state index contributed by atoms with van der Waals surface area (Å²) in [6.45, 7) is 0. The van der Waals surface area contributed by atoms with Gasteiger partial charge in [0.15, 0.2) is 0 Å². The van der Waals surface area contributed by atoms with Crippen LogP contribution in [-0.2, 0) is 12.8 Å². The van der Waals surface area contributed by atoms with Gasteiger partial charge >= 0.3 is 0 Å². The molecule has 2 aromatic rings. The van der Waals surface area contributed by atoms with Gasteiger partial charge in [-0.25, -0.2) is 4.98 Å². The molecule has 4 rings (SSSR count). The van der Waals surface area contributed by atoms with Crippen molar-refractivity contribution in [3.8, 4) is 16.3 Å². The van der Waals surface area contributed by atoms with Crippen molar-refractivity contribution in [3.05, 3.63) is 34.8 Å². The van der Waals surface area contributed by atoms with Gasteiger partial charge in [0.1, 0.15) is 10.8 Å². The predicted octanol–water partition coefficient (Wildman–Crippen LogP) is 4.56. The van der Waals surface area contributed by atoms with Crippen molar-refractivity contribution in [3.63, 3.8) is 0 Å². The van der Waals surface area contributed by atoms with Crippen LogP contribution in [0, 0.1) is 5.41 Å². The first kappa shape index (κ1) is 12.4. The third-order valence-corrected chi connectivity index (χ3v) is 6.13. The molecule has 1 spiro atoms. The van der Waals surface area contributed by atoms with E-state index >= 15 is 0 Å². The third-order valence-electron chi connectivity index (χ3n) is 4.98. The minimum absolute atomic E-state index is 0.319. The van der Waals surface area contributed by atoms with Crippen LogP contribution in [0.1, 0.15) is 42.7 Å². The first-order valence-electron chi connectivity index (χ1n) is 7.52. The molecule has 0 aliphatic heterocycles. The van der Waals surface area contributed by atoms with Crippen LogP contribution in [0.15, 0.2) is 24.3 Å². The van der Waals surface area contributed by atoms with Gasteiger partial charge in [0.05, 0.1) is 5.69 Å². The minimum Gasteiger partial charge on any atom is -0.508 e. The Bertz CT molecular complexity index is 623. The third kappa shape index (κ3) is 2.05. The molecule has 0 amide bonds. The maximum atomic E-state index is 9.39. The van der Waals surface area contributed by atoms with E-state index in [2.05, 4.69) is 0 Å². The lowest BCUT2D eigenvalue weighted by Crippen LogP contribution is -2.24. The van der Waals surface area contributed by atoms with Crippen LogP contribution in [0.5, 0.6) is 5.75 Å². The molecule has 1 fully saturated rings. The average molecular weight is 285 g/mol. The largest absolute Gasteiger partial charge is 0.508 e. The van der Waals surface area contributed by atoms with Crippen molar-refractivity contribution in [1.29, 1.82) is 0 Å². The lowest BCUT2D eigenvalue weighted by Gasteiger charge is -2.32. The monoisotopic (exact) mass is 285 g/mol. The molecular formula is C17H19NOS. The van der Waals surface area contributed by atoms with Gasteiger partial charge in [0.25, 0.3) is 0 Å². The van der Waals surface area contributed by atoms with Crippen LogP contribution in [0.3, 0.4) is 0 Å². The molecule has 1 N–H and O–H groups in total. The number of nitrogens with zero attached hydrogens (tertiary/aromatic N) is 1. The summed E-state index contributed by atoms with van der Waals surface area (Å²) in [6, 6.07) is 7.41. The second kappa shape index (κ2) is 4.59. The highest BCUT2D eigenvalue weighted by molar-refractivity contribution is 7.15. The second-order valence-electron chi connectivity index (χ2n) is 6.32. The van der Waals surface area contributed by atoms with E-state index in [4.69, 9.17) is 4.98 Å². The van der Waals surface area contributed by atoms with Gasteiger partial charge in [-0.15, -0.1) is 11.3 Å². The standard InChI is InChI=1S/C17H19NOS/c19-13-5-3-12(4-6-13)16-18-14-7-10-17(8-1-2-9-17)11-15(14)20-16/h3-6,19H,1-2,7-11H2. The van der Waals surface area contributed by atoms with Crippen molar-refractivity contribution in [2.75, 3.05) is 0 Å². The van der Waals surface area contributed by atoms with Gasteiger partial charge in [0, 0.05) is 10.4 Å². The molecule has 2 nitrogen and oxygen atoms in total. The van der Waals surface area contributed by atoms with Crippen LogP contribution >= 0.6 is 11.3 Å². The quantitative estimate of drug-likeness (QED) is 0.833. The second-order valence-corrected chi connectivity index (χ2v) is 7.40. The number of aryl methyl sites for hydroxylation is 1. The van der Waals surface area contributed by atoms with Gasteiger partial charge in [-0.1, -0.05) is 12.8 Å². The summed E-state index contributed by atoms with van der Waals surface area (Å²) >= 11 is 1.86. The zero-order valence-electron chi connectivity index (χ0n) is 11.6. The molecule has 0 radical (unpaired) electrons. The van der Waals surface area contributed by atoms with E-state index in [1.807, 2.05) is 23.5 Å². The Balaban J connectivity index is 1.66. The molecule has 0 saturated heterocycles. The van der Waals surface area contributed by atoms with Crippen molar-refractivity contribution < 1.29 is 5.11 Å². The lowest BCUT2D eigenvalue weighted by molar-refractivity contribution is 0.256. The molecule has 20 heavy (non-hydrogen) atoms. The van der Waals surface area contributed by atoms with Crippen molar-refractivity contribution in [1.82, 2.24) is 4.98 Å². The fraction of sp³-hybridized carbons (Fsp3) is 0.471. The number of benzene rings is 1. The van der Waals surface area contributed by atoms with E-state index < -0.39 is 0 Å². The van der Waals surface area contributed by atoms with Gasteiger partial charge in [-0.2, -0.15) is 0 Å². The average Bonchev–Trinajstić information content (AvgIpc) is 3.07. The molecule has 104 valence electrons. The van der Waals surface area contributed by atoms with Crippen LogP contribution in [-0.4, -0.2) is 10.1 Å². The molecule has 1 saturated carbocycles. The molecular weight excluding hydrogens is 266 g/mol. The topological polar surface area (TPSA) is 33.1 Å². The summed E-state index contributed by atoms with van der Waals surface area (Å²) < 4.78 is 0. The molecule has 3 heteroatoms. The molecule has 0 atom stereocenters. The molecule has 1 aromatic carbocycles. The van der Waals surface area contributed by atoms with Crippen LogP contribution < -0.4 is 0 Å². The Morgan fingerprint density at radius 2 is 1.80 bits per heavy atom. The predicted molar refractivity (Wildman–Crippen MR) is 82.1 cm³/mol. The zero-order valence-corrected chi connectivity index (χ0v) is 12.4. The molecule has 2 aliphatic carbocycles. The number of aromatic hydroxyl groups is 1. The van der Waals surface area contributed by atoms with Crippen molar-refractivity contribution in [2.45, 2.75) is 44.9 Å². The Kier molecular flexibility index (Phi) is 2.84. The van der Waals surface area contributed by atoms with E-state index in [0.29, 0.717) is 11.2 Å². The highest BCUT2D eigenvalue weighted by atomic mass is 32.1. The van der Waals surface area contributed by atoms with E-state index in [0.717, 1.165) is 17.0 Å². The molecule has 1 aromatic heterocycles. The number of phenols is 1. The maximum Gasteiger partial charge on any atom is 0.123 e. The summed E-state index contributed by atoms with van der Waals surface area (Å²) in [5, 5.41) is 10.5. The highest BCUT2D eigenvalue weighted by Gasteiger charge is 2.38. The number of hydrogen-bond acceptors (Lipinski definition) is 3. The number of rotatable bonds is 1. The zero-order chi connectivity index (χ0) is 13.6. The summed E-state index contributed by atoms with van der Waals surface area (Å²) in [4.78, 5) is 6.36. The van der Waals surface area contributed by atoms with E-state index in [-0.39, 0.29) is 0 Å². The van der Waals surface area contributed by atoms with Gasteiger partial charge in [0.2, 0.25) is 0 Å². The van der Waals surface area contributed by atoms with Crippen LogP contribution in [0.4, 0.5) is 0 Å². The van der Waals surface area contributed by atoms with Gasteiger partial charge in [-0.3, -0.25) is 0 Å². The minimum atomic E-state index is 0.319. The summed E-state index contributed by atoms with van der Waals surface area (Å²) in [6.07, 6.45) is 9.40. The summed E-state index contributed by atoms with van der Waals surface area (Å²) in [5.74, 6) is 0.319. The highest BCUT2D eigenvalue weighted by Crippen LogP contribution is 2.49. The number of thiazole rings is 1. The number of hydrogen-bond donors (Lipinski definition) is 1. The SMILES string of the molecule is Oc1ccc(-c2nc3c(s2)CC2(CCCC2)CC3)cc1. The Labute approximate surface area is 123 Å². The fourth-order valence-corrected chi connectivity index (χ4v) is 5.10. The first-order chi connectivity index (χ1) is 9.74. The number of fused-ring (bicyclic) bond motifs is 1.